The van der Waals surface area contributed by atoms with Crippen molar-refractivity contribution in [2.24, 2.45) is 0 Å². The first-order valence-electron chi connectivity index (χ1n) is 10.3. The molecule has 3 amide bonds. The number of nitrogens with zero attached hydrogens (tertiary/aromatic N) is 4. The molecule has 31 heavy (non-hydrogen) atoms. The van der Waals surface area contributed by atoms with Gasteiger partial charge >= 0.3 is 6.03 Å². The van der Waals surface area contributed by atoms with Crippen LogP contribution in [0.25, 0.3) is 5.69 Å². The van der Waals surface area contributed by atoms with Gasteiger partial charge in [0.05, 0.1) is 21.4 Å². The quantitative estimate of drug-likeness (QED) is 0.607. The van der Waals surface area contributed by atoms with Gasteiger partial charge in [0.1, 0.15) is 12.4 Å². The summed E-state index contributed by atoms with van der Waals surface area (Å²) in [5, 5.41) is 8.42. The van der Waals surface area contributed by atoms with Crippen molar-refractivity contribution in [3.63, 3.8) is 0 Å². The van der Waals surface area contributed by atoms with Crippen molar-refractivity contribution >= 4 is 41.0 Å². The van der Waals surface area contributed by atoms with Crippen molar-refractivity contribution < 1.29 is 9.59 Å². The van der Waals surface area contributed by atoms with Crippen LogP contribution < -0.4 is 5.32 Å². The van der Waals surface area contributed by atoms with Crippen molar-refractivity contribution in [2.75, 3.05) is 32.5 Å². The molecule has 0 aliphatic heterocycles. The molecule has 2 aromatic rings. The van der Waals surface area contributed by atoms with Gasteiger partial charge in [0, 0.05) is 32.1 Å². The molecule has 0 radical (unpaired) electrons. The summed E-state index contributed by atoms with van der Waals surface area (Å²) in [4.78, 5) is 28.3. The molecule has 1 N–H and O–H groups in total. The number of nitrogens with one attached hydrogen (secondary N) is 1. The number of rotatable bonds is 7. The largest absolute Gasteiger partial charge is 0.331 e. The summed E-state index contributed by atoms with van der Waals surface area (Å²) in [6.07, 6.45) is 1.75. The van der Waals surface area contributed by atoms with Gasteiger partial charge in [-0.3, -0.25) is 4.79 Å². The van der Waals surface area contributed by atoms with Crippen molar-refractivity contribution in [1.82, 2.24) is 19.6 Å². The van der Waals surface area contributed by atoms with Crippen molar-refractivity contribution in [3.8, 4) is 5.69 Å². The maximum absolute atomic E-state index is 12.9. The molecule has 0 unspecified atom stereocenters. The van der Waals surface area contributed by atoms with Crippen LogP contribution in [0.15, 0.2) is 24.3 Å². The van der Waals surface area contributed by atoms with Crippen LogP contribution in [0.3, 0.4) is 0 Å². The lowest BCUT2D eigenvalue weighted by Gasteiger charge is -2.25. The highest BCUT2D eigenvalue weighted by molar-refractivity contribution is 6.42. The Kier molecular flexibility index (Phi) is 8.37. The van der Waals surface area contributed by atoms with Crippen LogP contribution in [0.1, 0.15) is 46.2 Å². The van der Waals surface area contributed by atoms with Crippen LogP contribution in [0.5, 0.6) is 0 Å². The highest BCUT2D eigenvalue weighted by Crippen LogP contribution is 2.29. The molecular weight excluding hydrogens is 437 g/mol. The highest BCUT2D eigenvalue weighted by atomic mass is 35.5. The van der Waals surface area contributed by atoms with E-state index in [4.69, 9.17) is 23.2 Å². The maximum Gasteiger partial charge on any atom is 0.319 e. The number of unbranched alkanes of at least 4 members (excludes halogenated alkanes) is 1. The topological polar surface area (TPSA) is 70.5 Å². The van der Waals surface area contributed by atoms with E-state index in [1.807, 2.05) is 33.8 Å². The molecule has 1 aromatic heterocycles. The Morgan fingerprint density at radius 1 is 1.13 bits per heavy atom. The maximum atomic E-state index is 12.9. The number of halogens is 2. The smallest absolute Gasteiger partial charge is 0.319 e. The van der Waals surface area contributed by atoms with Crippen LogP contribution in [-0.4, -0.2) is 58.7 Å². The first kappa shape index (κ1) is 25.0. The van der Waals surface area contributed by atoms with E-state index >= 15 is 0 Å². The fourth-order valence-electron chi connectivity index (χ4n) is 2.88. The number of benzene rings is 1. The molecule has 0 saturated carbocycles. The molecule has 2 rings (SSSR count). The van der Waals surface area contributed by atoms with Crippen molar-refractivity contribution in [3.05, 3.63) is 40.0 Å². The van der Waals surface area contributed by atoms with E-state index in [9.17, 15) is 9.59 Å². The molecule has 170 valence electrons. The predicted molar refractivity (Wildman–Crippen MR) is 126 cm³/mol. The minimum Gasteiger partial charge on any atom is -0.331 e. The zero-order chi connectivity index (χ0) is 23.3. The monoisotopic (exact) mass is 467 g/mol. The third kappa shape index (κ3) is 6.61. The average Bonchev–Trinajstić information content (AvgIpc) is 3.10. The fourth-order valence-corrected chi connectivity index (χ4v) is 3.17. The van der Waals surface area contributed by atoms with Crippen LogP contribution in [0, 0.1) is 0 Å². The van der Waals surface area contributed by atoms with E-state index in [-0.39, 0.29) is 23.9 Å². The summed E-state index contributed by atoms with van der Waals surface area (Å²) in [7, 11) is 3.35. The SMILES string of the molecule is CCCCN(CC(=O)Nc1cc(C(C)(C)C)nn1-c1ccc(Cl)c(Cl)c1)C(=O)N(C)C. The predicted octanol–water partition coefficient (Wildman–Crippen LogP) is 5.20. The molecule has 1 heterocycles. The van der Waals surface area contributed by atoms with E-state index < -0.39 is 0 Å². The van der Waals surface area contributed by atoms with Gasteiger partial charge in [0.25, 0.3) is 0 Å². The molecule has 0 fully saturated rings. The third-order valence-electron chi connectivity index (χ3n) is 4.66. The molecule has 0 saturated heterocycles. The Bertz CT molecular complexity index is 934. The number of amides is 3. The molecule has 1 aromatic carbocycles. The van der Waals surface area contributed by atoms with Crippen molar-refractivity contribution in [1.29, 1.82) is 0 Å². The van der Waals surface area contributed by atoms with Gasteiger partial charge in [0.2, 0.25) is 5.91 Å². The first-order valence-corrected chi connectivity index (χ1v) is 11.0. The molecule has 0 spiro atoms. The summed E-state index contributed by atoms with van der Waals surface area (Å²) < 4.78 is 1.63. The number of urea groups is 1. The minimum atomic E-state index is -0.298. The first-order chi connectivity index (χ1) is 14.4. The fraction of sp³-hybridized carbons (Fsp3) is 0.500. The summed E-state index contributed by atoms with van der Waals surface area (Å²) in [6, 6.07) is 6.81. The Labute approximate surface area is 194 Å². The second-order valence-corrected chi connectivity index (χ2v) is 9.49. The highest BCUT2D eigenvalue weighted by Gasteiger charge is 2.23. The van der Waals surface area contributed by atoms with E-state index in [0.29, 0.717) is 28.1 Å². The Morgan fingerprint density at radius 2 is 1.81 bits per heavy atom. The van der Waals surface area contributed by atoms with Crippen LogP contribution in [-0.2, 0) is 10.2 Å². The Hall–Kier alpha value is -2.25. The molecule has 0 aliphatic rings. The second-order valence-electron chi connectivity index (χ2n) is 8.68. The van der Waals surface area contributed by atoms with Gasteiger partial charge in [-0.05, 0) is 24.6 Å². The Morgan fingerprint density at radius 3 is 2.35 bits per heavy atom. The van der Waals surface area contributed by atoms with Gasteiger partial charge in [-0.2, -0.15) is 5.10 Å². The number of hydrogen-bond acceptors (Lipinski definition) is 3. The summed E-state index contributed by atoms with van der Waals surface area (Å²) in [5.41, 5.74) is 1.25. The van der Waals surface area contributed by atoms with Crippen LogP contribution in [0.2, 0.25) is 10.0 Å². The number of aromatic nitrogens is 2. The standard InChI is InChI=1S/C22H31Cl2N5O2/c1-7-8-11-28(21(31)27(5)6)14-20(30)25-19-13-18(22(2,3)4)26-29(19)15-9-10-16(23)17(24)12-15/h9-10,12-13H,7-8,11,14H2,1-6H3,(H,25,30). The van der Waals surface area contributed by atoms with Gasteiger partial charge in [-0.15, -0.1) is 0 Å². The molecular formula is C22H31Cl2N5O2. The lowest BCUT2D eigenvalue weighted by molar-refractivity contribution is -0.116. The Balaban J connectivity index is 2.33. The van der Waals surface area contributed by atoms with E-state index in [1.54, 1.807) is 41.9 Å². The number of carbonyl (C=O) groups is 2. The number of carbonyl (C=O) groups excluding carboxylic acids is 2. The van der Waals surface area contributed by atoms with E-state index in [0.717, 1.165) is 18.5 Å². The van der Waals surface area contributed by atoms with Gasteiger partial charge in [-0.25, -0.2) is 9.48 Å². The molecule has 9 heteroatoms. The van der Waals surface area contributed by atoms with Crippen LogP contribution >= 0.6 is 23.2 Å². The van der Waals surface area contributed by atoms with Gasteiger partial charge < -0.3 is 15.1 Å². The summed E-state index contributed by atoms with van der Waals surface area (Å²) >= 11 is 12.2. The number of anilines is 1. The zero-order valence-corrected chi connectivity index (χ0v) is 20.5. The molecule has 0 aliphatic carbocycles. The van der Waals surface area contributed by atoms with Crippen molar-refractivity contribution in [2.45, 2.75) is 46.0 Å². The van der Waals surface area contributed by atoms with Gasteiger partial charge in [0.15, 0.2) is 0 Å². The molecule has 7 nitrogen and oxygen atoms in total. The third-order valence-corrected chi connectivity index (χ3v) is 5.40. The minimum absolute atomic E-state index is 0.0472. The van der Waals surface area contributed by atoms with E-state index in [2.05, 4.69) is 10.4 Å². The summed E-state index contributed by atoms with van der Waals surface area (Å²) in [6.45, 7) is 8.64. The molecule has 0 atom stereocenters. The van der Waals surface area contributed by atoms with Crippen LogP contribution in [0.4, 0.5) is 10.6 Å². The normalized spacial score (nSPS) is 11.4. The number of hydrogen-bond donors (Lipinski definition) is 1. The van der Waals surface area contributed by atoms with Gasteiger partial charge in [-0.1, -0.05) is 57.3 Å². The lowest BCUT2D eigenvalue weighted by atomic mass is 9.92. The summed E-state index contributed by atoms with van der Waals surface area (Å²) in [5.74, 6) is 0.203. The molecule has 0 bridgehead atoms. The average molecular weight is 468 g/mol. The van der Waals surface area contributed by atoms with E-state index in [1.165, 1.54) is 4.90 Å². The zero-order valence-electron chi connectivity index (χ0n) is 19.0. The second kappa shape index (κ2) is 10.4. The lowest BCUT2D eigenvalue weighted by Crippen LogP contribution is -2.44.